The highest BCUT2D eigenvalue weighted by molar-refractivity contribution is 6.70. The monoisotopic (exact) mass is 400 g/mol. The van der Waals surface area contributed by atoms with E-state index >= 15 is 0 Å². The molecule has 0 aliphatic rings. The summed E-state index contributed by atoms with van der Waals surface area (Å²) < 4.78 is 13.0. The zero-order valence-corrected chi connectivity index (χ0v) is 21.0. The largest absolute Gasteiger partial charge is 0.394 e. The number of unbranched alkanes of at least 4 members (excludes halogenated alkanes) is 9. The third-order valence-corrected chi connectivity index (χ3v) is 11.5. The van der Waals surface area contributed by atoms with Crippen LogP contribution in [-0.2, 0) is 8.85 Å². The summed E-state index contributed by atoms with van der Waals surface area (Å²) in [6.07, 6.45) is 16.4. The summed E-state index contributed by atoms with van der Waals surface area (Å²) >= 11 is 0. The van der Waals surface area contributed by atoms with Gasteiger partial charge in [0.05, 0.1) is 0 Å². The Morgan fingerprint density at radius 3 is 1.52 bits per heavy atom. The van der Waals surface area contributed by atoms with Crippen LogP contribution in [0.15, 0.2) is 0 Å². The summed E-state index contributed by atoms with van der Waals surface area (Å²) in [7, 11) is -2.21. The lowest BCUT2D eigenvalue weighted by molar-refractivity contribution is 0.139. The third kappa shape index (κ3) is 9.94. The summed E-state index contributed by atoms with van der Waals surface area (Å²) in [6, 6.07) is 1.16. The van der Waals surface area contributed by atoms with Crippen molar-refractivity contribution in [1.29, 1.82) is 0 Å². The summed E-state index contributed by atoms with van der Waals surface area (Å²) in [5, 5.41) is 0.161. The van der Waals surface area contributed by atoms with Crippen molar-refractivity contribution in [2.24, 2.45) is 5.92 Å². The Labute approximate surface area is 173 Å². The lowest BCUT2D eigenvalue weighted by Crippen LogP contribution is -2.54. The molecule has 0 bridgehead atoms. The molecule has 0 rings (SSSR count). The lowest BCUT2D eigenvalue weighted by atomic mass is 9.92. The minimum atomic E-state index is -2.21. The van der Waals surface area contributed by atoms with Gasteiger partial charge in [-0.15, -0.1) is 0 Å². The van der Waals surface area contributed by atoms with Crippen LogP contribution in [0, 0.1) is 5.92 Å². The van der Waals surface area contributed by atoms with Crippen LogP contribution in [-0.4, -0.2) is 21.8 Å². The predicted octanol–water partition coefficient (Wildman–Crippen LogP) is 8.64. The molecule has 1 atom stereocenters. The first kappa shape index (κ1) is 27.1. The van der Waals surface area contributed by atoms with Gasteiger partial charge >= 0.3 is 8.56 Å². The third-order valence-electron chi connectivity index (χ3n) is 6.55. The van der Waals surface area contributed by atoms with Gasteiger partial charge in [-0.25, -0.2) is 0 Å². The van der Waals surface area contributed by atoms with Crippen molar-refractivity contribution in [3.05, 3.63) is 0 Å². The van der Waals surface area contributed by atoms with Crippen LogP contribution >= 0.6 is 0 Å². The van der Waals surface area contributed by atoms with Gasteiger partial charge in [0.25, 0.3) is 0 Å². The molecule has 164 valence electrons. The molecule has 0 fully saturated rings. The molecule has 0 amide bonds. The van der Waals surface area contributed by atoms with E-state index in [0.717, 1.165) is 19.3 Å². The van der Waals surface area contributed by atoms with Crippen LogP contribution in [0.5, 0.6) is 0 Å². The van der Waals surface area contributed by atoms with E-state index in [-0.39, 0.29) is 5.04 Å². The molecule has 27 heavy (non-hydrogen) atoms. The fourth-order valence-electron chi connectivity index (χ4n) is 4.36. The van der Waals surface area contributed by atoms with Gasteiger partial charge in [0.1, 0.15) is 0 Å². The fourth-order valence-corrected chi connectivity index (χ4v) is 8.66. The maximum atomic E-state index is 6.50. The fraction of sp³-hybridized carbons (Fsp3) is 1.00. The molecule has 0 aromatic carbocycles. The zero-order valence-electron chi connectivity index (χ0n) is 20.0. The van der Waals surface area contributed by atoms with Gasteiger partial charge in [-0.05, 0) is 25.8 Å². The average molecular weight is 401 g/mol. The molecule has 1 unspecified atom stereocenters. The SMILES string of the molecule is CCCCCCCCCCCC[Si](OCC)(OCC)C(C)(C)C(C)CCC. The second-order valence-corrected chi connectivity index (χ2v) is 12.8. The van der Waals surface area contributed by atoms with E-state index in [1.807, 2.05) is 0 Å². The smallest absolute Gasteiger partial charge is 0.344 e. The molecule has 2 nitrogen and oxygen atoms in total. The Morgan fingerprint density at radius 2 is 1.11 bits per heavy atom. The Morgan fingerprint density at radius 1 is 0.667 bits per heavy atom. The summed E-state index contributed by atoms with van der Waals surface area (Å²) in [4.78, 5) is 0. The molecule has 0 aliphatic heterocycles. The van der Waals surface area contributed by atoms with Gasteiger partial charge < -0.3 is 8.85 Å². The van der Waals surface area contributed by atoms with Gasteiger partial charge in [0, 0.05) is 18.3 Å². The topological polar surface area (TPSA) is 18.5 Å². The van der Waals surface area contributed by atoms with Gasteiger partial charge in [-0.3, -0.25) is 0 Å². The highest BCUT2D eigenvalue weighted by Gasteiger charge is 2.53. The molecule has 0 saturated carbocycles. The Balaban J connectivity index is 4.49. The number of rotatable bonds is 19. The second kappa shape index (κ2) is 16.0. The standard InChI is InChI=1S/C24H52O2Si/c1-8-12-13-14-15-16-17-18-19-20-22-27(25-10-3,26-11-4)24(6,7)23(5)21-9-2/h23H,8-22H2,1-7H3. The van der Waals surface area contributed by atoms with Gasteiger partial charge in [-0.2, -0.15) is 0 Å². The highest BCUT2D eigenvalue weighted by Crippen LogP contribution is 2.49. The predicted molar refractivity (Wildman–Crippen MR) is 124 cm³/mol. The van der Waals surface area contributed by atoms with E-state index in [0.29, 0.717) is 5.92 Å². The van der Waals surface area contributed by atoms with E-state index in [2.05, 4.69) is 48.5 Å². The summed E-state index contributed by atoms with van der Waals surface area (Å²) in [6.45, 7) is 17.7. The van der Waals surface area contributed by atoms with Gasteiger partial charge in [0.15, 0.2) is 0 Å². The van der Waals surface area contributed by atoms with E-state index in [1.165, 1.54) is 77.0 Å². The molecular formula is C24H52O2Si. The van der Waals surface area contributed by atoms with E-state index < -0.39 is 8.56 Å². The van der Waals surface area contributed by atoms with Crippen molar-refractivity contribution in [2.75, 3.05) is 13.2 Å². The molecule has 0 saturated heterocycles. The summed E-state index contributed by atoms with van der Waals surface area (Å²) in [5.74, 6) is 0.649. The minimum Gasteiger partial charge on any atom is -0.394 e. The van der Waals surface area contributed by atoms with Crippen LogP contribution in [0.25, 0.3) is 0 Å². The van der Waals surface area contributed by atoms with E-state index in [1.54, 1.807) is 0 Å². The summed E-state index contributed by atoms with van der Waals surface area (Å²) in [5.41, 5.74) is 0. The van der Waals surface area contributed by atoms with Crippen molar-refractivity contribution in [3.8, 4) is 0 Å². The number of hydrogen-bond donors (Lipinski definition) is 0. The Bertz CT molecular complexity index is 324. The Hall–Kier alpha value is 0.137. The van der Waals surface area contributed by atoms with Crippen molar-refractivity contribution < 1.29 is 8.85 Å². The maximum absolute atomic E-state index is 6.50. The molecule has 0 aliphatic carbocycles. The first-order chi connectivity index (χ1) is 12.9. The minimum absolute atomic E-state index is 0.161. The molecule has 0 radical (unpaired) electrons. The second-order valence-electron chi connectivity index (χ2n) is 8.96. The molecule has 0 spiro atoms. The van der Waals surface area contributed by atoms with Gasteiger partial charge in [0.2, 0.25) is 0 Å². The quantitative estimate of drug-likeness (QED) is 0.159. The van der Waals surface area contributed by atoms with Crippen molar-refractivity contribution >= 4 is 8.56 Å². The average Bonchev–Trinajstić information content (AvgIpc) is 2.63. The highest BCUT2D eigenvalue weighted by atomic mass is 28.4. The molecule has 0 N–H and O–H groups in total. The van der Waals surface area contributed by atoms with Crippen LogP contribution in [0.2, 0.25) is 11.1 Å². The first-order valence-electron chi connectivity index (χ1n) is 12.2. The Kier molecular flexibility index (Phi) is 16.1. The molecule has 0 aromatic rings. The molecule has 0 heterocycles. The van der Waals surface area contributed by atoms with Crippen LogP contribution in [0.3, 0.4) is 0 Å². The van der Waals surface area contributed by atoms with Crippen LogP contribution < -0.4 is 0 Å². The number of hydrogen-bond acceptors (Lipinski definition) is 2. The zero-order chi connectivity index (χ0) is 20.6. The lowest BCUT2D eigenvalue weighted by Gasteiger charge is -2.46. The normalized spacial score (nSPS) is 13.9. The maximum Gasteiger partial charge on any atom is 0.344 e. The molecule has 0 aromatic heterocycles. The van der Waals surface area contributed by atoms with Crippen molar-refractivity contribution in [3.63, 3.8) is 0 Å². The van der Waals surface area contributed by atoms with Crippen molar-refractivity contribution in [2.45, 2.75) is 137 Å². The molecule has 3 heteroatoms. The first-order valence-corrected chi connectivity index (χ1v) is 14.2. The van der Waals surface area contributed by atoms with E-state index in [9.17, 15) is 0 Å². The van der Waals surface area contributed by atoms with Crippen molar-refractivity contribution in [1.82, 2.24) is 0 Å². The van der Waals surface area contributed by atoms with E-state index in [4.69, 9.17) is 8.85 Å². The van der Waals surface area contributed by atoms with Gasteiger partial charge in [-0.1, -0.05) is 112 Å². The van der Waals surface area contributed by atoms with Crippen LogP contribution in [0.4, 0.5) is 0 Å². The van der Waals surface area contributed by atoms with Crippen LogP contribution in [0.1, 0.15) is 126 Å². The molecular weight excluding hydrogens is 348 g/mol.